The number of hydrogen-bond acceptors (Lipinski definition) is 3. The van der Waals surface area contributed by atoms with Gasteiger partial charge in [0.05, 0.1) is 12.1 Å². The van der Waals surface area contributed by atoms with Crippen LogP contribution in [0.1, 0.15) is 45.4 Å². The van der Waals surface area contributed by atoms with Gasteiger partial charge in [-0.1, -0.05) is 51.4 Å². The van der Waals surface area contributed by atoms with Crippen molar-refractivity contribution in [1.82, 2.24) is 14.8 Å². The topological polar surface area (TPSA) is 50.9 Å². The summed E-state index contributed by atoms with van der Waals surface area (Å²) in [7, 11) is 0. The normalized spacial score (nSPS) is 16.5. The summed E-state index contributed by atoms with van der Waals surface area (Å²) in [5.74, 6) is -0.0205. The van der Waals surface area contributed by atoms with Crippen LogP contribution in [0.2, 0.25) is 5.02 Å². The van der Waals surface area contributed by atoms with E-state index in [2.05, 4.69) is 30.9 Å². The summed E-state index contributed by atoms with van der Waals surface area (Å²) in [6.07, 6.45) is 2.65. The second-order valence-electron chi connectivity index (χ2n) is 6.54. The van der Waals surface area contributed by atoms with Crippen molar-refractivity contribution in [1.29, 1.82) is 0 Å². The molecule has 21 heavy (non-hydrogen) atoms. The molecule has 0 bridgehead atoms. The van der Waals surface area contributed by atoms with Crippen molar-refractivity contribution in [3.05, 3.63) is 47.5 Å². The summed E-state index contributed by atoms with van der Waals surface area (Å²) in [6, 6.07) is 7.36. The minimum atomic E-state index is -0.587. The maximum atomic E-state index is 10.7. The van der Waals surface area contributed by atoms with Crippen LogP contribution in [0.15, 0.2) is 36.9 Å². The van der Waals surface area contributed by atoms with Crippen molar-refractivity contribution in [2.75, 3.05) is 0 Å². The first kappa shape index (κ1) is 16.0. The fourth-order valence-electron chi connectivity index (χ4n) is 2.92. The van der Waals surface area contributed by atoms with Gasteiger partial charge in [0.1, 0.15) is 12.7 Å². The third kappa shape index (κ3) is 3.63. The standard InChI is InChI=1S/C16H22ClN3O/c1-11(14(21)12-5-7-13(17)8-6-12)15(16(2,3)4)20-10-18-9-19-20/h5-11,14-15,21H,1-4H3. The third-order valence-corrected chi connectivity index (χ3v) is 4.07. The molecular weight excluding hydrogens is 286 g/mol. The van der Waals surface area contributed by atoms with Gasteiger partial charge >= 0.3 is 0 Å². The molecule has 0 spiro atoms. The molecule has 2 aromatic rings. The van der Waals surface area contributed by atoms with Gasteiger partial charge in [-0.15, -0.1) is 0 Å². The van der Waals surface area contributed by atoms with Crippen LogP contribution >= 0.6 is 11.6 Å². The lowest BCUT2D eigenvalue weighted by Gasteiger charge is -2.37. The van der Waals surface area contributed by atoms with Crippen molar-refractivity contribution in [2.24, 2.45) is 11.3 Å². The second kappa shape index (κ2) is 6.16. The molecule has 1 heterocycles. The molecule has 0 aliphatic carbocycles. The Labute approximate surface area is 130 Å². The molecule has 0 saturated carbocycles. The maximum absolute atomic E-state index is 10.7. The van der Waals surface area contributed by atoms with Gasteiger partial charge < -0.3 is 5.11 Å². The van der Waals surface area contributed by atoms with E-state index in [1.807, 2.05) is 23.7 Å². The van der Waals surface area contributed by atoms with E-state index in [0.717, 1.165) is 5.56 Å². The predicted octanol–water partition coefficient (Wildman–Crippen LogP) is 3.89. The molecule has 1 aromatic carbocycles. The van der Waals surface area contributed by atoms with Crippen molar-refractivity contribution >= 4 is 11.6 Å². The summed E-state index contributed by atoms with van der Waals surface area (Å²) < 4.78 is 1.84. The lowest BCUT2D eigenvalue weighted by atomic mass is 9.76. The number of hydrogen-bond donors (Lipinski definition) is 1. The molecule has 0 fully saturated rings. The van der Waals surface area contributed by atoms with Crippen LogP contribution in [0.4, 0.5) is 0 Å². The molecular formula is C16H22ClN3O. The van der Waals surface area contributed by atoms with E-state index < -0.39 is 6.10 Å². The molecule has 114 valence electrons. The van der Waals surface area contributed by atoms with Gasteiger partial charge in [0, 0.05) is 10.9 Å². The molecule has 1 aromatic heterocycles. The lowest BCUT2D eigenvalue weighted by Crippen LogP contribution is -2.33. The van der Waals surface area contributed by atoms with E-state index in [9.17, 15) is 5.11 Å². The maximum Gasteiger partial charge on any atom is 0.137 e. The summed E-state index contributed by atoms with van der Waals surface area (Å²) in [5.41, 5.74) is 0.807. The molecule has 0 amide bonds. The largest absolute Gasteiger partial charge is 0.388 e. The Balaban J connectivity index is 2.30. The van der Waals surface area contributed by atoms with Crippen LogP contribution in [0.3, 0.4) is 0 Å². The highest BCUT2D eigenvalue weighted by molar-refractivity contribution is 6.30. The first-order chi connectivity index (χ1) is 9.80. The number of benzene rings is 1. The zero-order valence-corrected chi connectivity index (χ0v) is 13.6. The molecule has 0 radical (unpaired) electrons. The molecule has 2 rings (SSSR count). The predicted molar refractivity (Wildman–Crippen MR) is 84.1 cm³/mol. The first-order valence-electron chi connectivity index (χ1n) is 7.08. The molecule has 4 nitrogen and oxygen atoms in total. The minimum absolute atomic E-state index is 0.0205. The number of halogens is 1. The Morgan fingerprint density at radius 2 is 1.81 bits per heavy atom. The summed E-state index contributed by atoms with van der Waals surface area (Å²) in [5, 5.41) is 15.6. The van der Waals surface area contributed by atoms with Gasteiger partial charge in [-0.25, -0.2) is 9.67 Å². The third-order valence-electron chi connectivity index (χ3n) is 3.82. The first-order valence-corrected chi connectivity index (χ1v) is 7.46. The highest BCUT2D eigenvalue weighted by Gasteiger charge is 2.36. The van der Waals surface area contributed by atoms with Gasteiger partial charge in [-0.05, 0) is 23.1 Å². The molecule has 0 aliphatic rings. The van der Waals surface area contributed by atoms with Crippen LogP contribution < -0.4 is 0 Å². The molecule has 5 heteroatoms. The average molecular weight is 308 g/mol. The molecule has 0 saturated heterocycles. The number of aliphatic hydroxyl groups is 1. The van der Waals surface area contributed by atoms with Crippen LogP contribution in [0, 0.1) is 11.3 Å². The zero-order chi connectivity index (χ0) is 15.6. The molecule has 3 unspecified atom stereocenters. The van der Waals surface area contributed by atoms with E-state index in [1.165, 1.54) is 6.33 Å². The number of aromatic nitrogens is 3. The van der Waals surface area contributed by atoms with Crippen LogP contribution in [-0.4, -0.2) is 19.9 Å². The quantitative estimate of drug-likeness (QED) is 0.932. The molecule has 1 N–H and O–H groups in total. The van der Waals surface area contributed by atoms with E-state index >= 15 is 0 Å². The van der Waals surface area contributed by atoms with Gasteiger partial charge in [-0.3, -0.25) is 0 Å². The van der Waals surface area contributed by atoms with E-state index in [1.54, 1.807) is 18.5 Å². The second-order valence-corrected chi connectivity index (χ2v) is 6.98. The van der Waals surface area contributed by atoms with Gasteiger partial charge in [0.2, 0.25) is 0 Å². The van der Waals surface area contributed by atoms with Crippen molar-refractivity contribution < 1.29 is 5.11 Å². The van der Waals surface area contributed by atoms with Crippen molar-refractivity contribution in [3.63, 3.8) is 0 Å². The summed E-state index contributed by atoms with van der Waals surface area (Å²) in [6.45, 7) is 8.47. The number of aliphatic hydroxyl groups excluding tert-OH is 1. The summed E-state index contributed by atoms with van der Waals surface area (Å²) >= 11 is 5.91. The van der Waals surface area contributed by atoms with Gasteiger partial charge in [-0.2, -0.15) is 5.10 Å². The smallest absolute Gasteiger partial charge is 0.137 e. The van der Waals surface area contributed by atoms with Crippen molar-refractivity contribution in [3.8, 4) is 0 Å². The molecule has 3 atom stereocenters. The van der Waals surface area contributed by atoms with E-state index in [0.29, 0.717) is 5.02 Å². The lowest BCUT2D eigenvalue weighted by molar-refractivity contribution is 0.0388. The Bertz CT molecular complexity index is 560. The number of rotatable bonds is 4. The van der Waals surface area contributed by atoms with Crippen LogP contribution in [0.25, 0.3) is 0 Å². The van der Waals surface area contributed by atoms with Crippen molar-refractivity contribution in [2.45, 2.75) is 39.8 Å². The Morgan fingerprint density at radius 1 is 1.19 bits per heavy atom. The number of nitrogens with zero attached hydrogens (tertiary/aromatic N) is 3. The van der Waals surface area contributed by atoms with E-state index in [-0.39, 0.29) is 17.4 Å². The van der Waals surface area contributed by atoms with Crippen LogP contribution in [0.5, 0.6) is 0 Å². The monoisotopic (exact) mass is 307 g/mol. The highest BCUT2D eigenvalue weighted by Crippen LogP contribution is 2.41. The highest BCUT2D eigenvalue weighted by atomic mass is 35.5. The van der Waals surface area contributed by atoms with Gasteiger partial charge in [0.25, 0.3) is 0 Å². The van der Waals surface area contributed by atoms with Gasteiger partial charge in [0.15, 0.2) is 0 Å². The van der Waals surface area contributed by atoms with Crippen LogP contribution in [-0.2, 0) is 0 Å². The van der Waals surface area contributed by atoms with E-state index in [4.69, 9.17) is 11.6 Å². The fraction of sp³-hybridized carbons (Fsp3) is 0.500. The SMILES string of the molecule is CC(C(O)c1ccc(Cl)cc1)C(n1cncn1)C(C)(C)C. The summed E-state index contributed by atoms with van der Waals surface area (Å²) in [4.78, 5) is 4.04. The fourth-order valence-corrected chi connectivity index (χ4v) is 3.05. The molecule has 0 aliphatic heterocycles. The zero-order valence-electron chi connectivity index (χ0n) is 12.9. The Kier molecular flexibility index (Phi) is 4.69. The Morgan fingerprint density at radius 3 is 2.29 bits per heavy atom. The average Bonchev–Trinajstić information content (AvgIpc) is 2.91. The Hall–Kier alpha value is -1.39. The minimum Gasteiger partial charge on any atom is -0.388 e.